The molecule has 0 unspecified atom stereocenters. The molecule has 0 fully saturated rings. The number of methoxy groups -OCH3 is 1. The van der Waals surface area contributed by atoms with Crippen molar-refractivity contribution in [1.29, 1.82) is 0 Å². The van der Waals surface area contributed by atoms with Crippen LogP contribution in [0, 0.1) is 6.92 Å². The number of nitrogens with zero attached hydrogens (tertiary/aromatic N) is 2. The van der Waals surface area contributed by atoms with Gasteiger partial charge in [0.15, 0.2) is 0 Å². The molecule has 0 aromatic carbocycles. The molecule has 6 heteroatoms. The van der Waals surface area contributed by atoms with Gasteiger partial charge in [-0.1, -0.05) is 0 Å². The SMILES string of the molecule is COc1cc(CNc2cc(C(=O)O)cc(C)n2)ccn1. The van der Waals surface area contributed by atoms with E-state index >= 15 is 0 Å². The Kier molecular flexibility index (Phi) is 4.14. The van der Waals surface area contributed by atoms with Crippen LogP contribution in [-0.4, -0.2) is 28.2 Å². The molecule has 2 aromatic heterocycles. The molecule has 0 saturated heterocycles. The molecule has 0 aliphatic carbocycles. The van der Waals surface area contributed by atoms with Crippen LogP contribution < -0.4 is 10.1 Å². The van der Waals surface area contributed by atoms with Gasteiger partial charge in [-0.15, -0.1) is 0 Å². The third-order valence-electron chi connectivity index (χ3n) is 2.68. The van der Waals surface area contributed by atoms with Crippen molar-refractivity contribution in [2.45, 2.75) is 13.5 Å². The monoisotopic (exact) mass is 273 g/mol. The topological polar surface area (TPSA) is 84.3 Å². The van der Waals surface area contributed by atoms with Crippen molar-refractivity contribution < 1.29 is 14.6 Å². The van der Waals surface area contributed by atoms with Gasteiger partial charge in [-0.3, -0.25) is 0 Å². The molecule has 0 saturated carbocycles. The Labute approximate surface area is 116 Å². The Balaban J connectivity index is 2.12. The number of hydrogen-bond acceptors (Lipinski definition) is 5. The highest BCUT2D eigenvalue weighted by Gasteiger charge is 2.06. The largest absolute Gasteiger partial charge is 0.481 e. The van der Waals surface area contributed by atoms with Gasteiger partial charge in [0.2, 0.25) is 5.88 Å². The molecule has 0 radical (unpaired) electrons. The maximum Gasteiger partial charge on any atom is 0.335 e. The standard InChI is InChI=1S/C14H15N3O3/c1-9-5-11(14(18)19)7-12(17-9)16-8-10-3-4-15-13(6-10)20-2/h3-7H,8H2,1-2H3,(H,16,17)(H,18,19). The number of pyridine rings is 2. The number of hydrogen-bond donors (Lipinski definition) is 2. The molecule has 0 atom stereocenters. The van der Waals surface area contributed by atoms with Crippen molar-refractivity contribution in [2.75, 3.05) is 12.4 Å². The van der Waals surface area contributed by atoms with Gasteiger partial charge in [-0.05, 0) is 30.7 Å². The van der Waals surface area contributed by atoms with Crippen LogP contribution in [0.25, 0.3) is 0 Å². The lowest BCUT2D eigenvalue weighted by atomic mass is 10.2. The van der Waals surface area contributed by atoms with Gasteiger partial charge >= 0.3 is 5.97 Å². The number of aryl methyl sites for hydroxylation is 1. The highest BCUT2D eigenvalue weighted by Crippen LogP contribution is 2.13. The molecule has 0 amide bonds. The quantitative estimate of drug-likeness (QED) is 0.868. The maximum atomic E-state index is 11.0. The number of rotatable bonds is 5. The number of anilines is 1. The second kappa shape index (κ2) is 6.01. The molecule has 0 aliphatic rings. The van der Waals surface area contributed by atoms with Crippen LogP contribution in [0.3, 0.4) is 0 Å². The first-order chi connectivity index (χ1) is 9.58. The molecule has 20 heavy (non-hydrogen) atoms. The molecule has 0 aliphatic heterocycles. The summed E-state index contributed by atoms with van der Waals surface area (Å²) in [5.74, 6) is 0.0926. The Morgan fingerprint density at radius 1 is 1.40 bits per heavy atom. The van der Waals surface area contributed by atoms with Crippen molar-refractivity contribution in [3.8, 4) is 5.88 Å². The van der Waals surface area contributed by atoms with Gasteiger partial charge in [-0.25, -0.2) is 14.8 Å². The number of aromatic carboxylic acids is 1. The fourth-order valence-electron chi connectivity index (χ4n) is 1.75. The van der Waals surface area contributed by atoms with E-state index < -0.39 is 5.97 Å². The lowest BCUT2D eigenvalue weighted by Gasteiger charge is -2.08. The zero-order chi connectivity index (χ0) is 14.5. The Morgan fingerprint density at radius 3 is 2.90 bits per heavy atom. The minimum Gasteiger partial charge on any atom is -0.481 e. The second-order valence-electron chi connectivity index (χ2n) is 4.25. The first kappa shape index (κ1) is 13.8. The number of aromatic nitrogens is 2. The van der Waals surface area contributed by atoms with Crippen molar-refractivity contribution in [3.05, 3.63) is 47.3 Å². The fourth-order valence-corrected chi connectivity index (χ4v) is 1.75. The van der Waals surface area contributed by atoms with E-state index in [4.69, 9.17) is 9.84 Å². The van der Waals surface area contributed by atoms with Crippen LogP contribution in [-0.2, 0) is 6.54 Å². The van der Waals surface area contributed by atoms with Crippen LogP contribution >= 0.6 is 0 Å². The number of ether oxygens (including phenoxy) is 1. The molecular weight excluding hydrogens is 258 g/mol. The van der Waals surface area contributed by atoms with Crippen LogP contribution in [0.4, 0.5) is 5.82 Å². The third-order valence-corrected chi connectivity index (χ3v) is 2.68. The Morgan fingerprint density at radius 2 is 2.20 bits per heavy atom. The second-order valence-corrected chi connectivity index (χ2v) is 4.25. The van der Waals surface area contributed by atoms with Gasteiger partial charge in [0.25, 0.3) is 0 Å². The molecule has 2 heterocycles. The summed E-state index contributed by atoms with van der Waals surface area (Å²) in [5.41, 5.74) is 1.84. The molecule has 2 N–H and O–H groups in total. The van der Waals surface area contributed by atoms with E-state index in [1.165, 1.54) is 12.1 Å². The first-order valence-corrected chi connectivity index (χ1v) is 6.03. The molecule has 6 nitrogen and oxygen atoms in total. The minimum absolute atomic E-state index is 0.215. The summed E-state index contributed by atoms with van der Waals surface area (Å²) in [6.07, 6.45) is 1.65. The number of carboxylic acids is 1. The third kappa shape index (κ3) is 3.44. The van der Waals surface area contributed by atoms with E-state index in [9.17, 15) is 4.79 Å². The lowest BCUT2D eigenvalue weighted by molar-refractivity contribution is 0.0696. The average molecular weight is 273 g/mol. The molecule has 2 rings (SSSR count). The molecular formula is C14H15N3O3. The molecule has 2 aromatic rings. The van der Waals surface area contributed by atoms with Gasteiger partial charge in [0.05, 0.1) is 12.7 Å². The predicted octanol–water partition coefficient (Wildman–Crippen LogP) is 2.10. The molecule has 0 spiro atoms. The van der Waals surface area contributed by atoms with Crippen LogP contribution in [0.5, 0.6) is 5.88 Å². The minimum atomic E-state index is -0.968. The highest BCUT2D eigenvalue weighted by atomic mass is 16.5. The first-order valence-electron chi connectivity index (χ1n) is 6.03. The van der Waals surface area contributed by atoms with E-state index in [1.807, 2.05) is 6.07 Å². The predicted molar refractivity (Wildman–Crippen MR) is 74.0 cm³/mol. The summed E-state index contributed by atoms with van der Waals surface area (Å²) in [4.78, 5) is 19.3. The fraction of sp³-hybridized carbons (Fsp3) is 0.214. The van der Waals surface area contributed by atoms with E-state index in [1.54, 1.807) is 26.3 Å². The van der Waals surface area contributed by atoms with E-state index in [2.05, 4.69) is 15.3 Å². The zero-order valence-electron chi connectivity index (χ0n) is 11.3. The summed E-state index contributed by atoms with van der Waals surface area (Å²) < 4.78 is 5.04. The summed E-state index contributed by atoms with van der Waals surface area (Å²) >= 11 is 0. The molecule has 0 bridgehead atoms. The number of nitrogens with one attached hydrogen (secondary N) is 1. The van der Waals surface area contributed by atoms with Crippen molar-refractivity contribution in [2.24, 2.45) is 0 Å². The van der Waals surface area contributed by atoms with E-state index in [-0.39, 0.29) is 5.56 Å². The average Bonchev–Trinajstić information content (AvgIpc) is 2.44. The molecule has 104 valence electrons. The summed E-state index contributed by atoms with van der Waals surface area (Å²) in [6, 6.07) is 6.70. The number of carbonyl (C=O) groups is 1. The van der Waals surface area contributed by atoms with Crippen molar-refractivity contribution >= 4 is 11.8 Å². The normalized spacial score (nSPS) is 10.1. The maximum absolute atomic E-state index is 11.0. The van der Waals surface area contributed by atoms with Gasteiger partial charge in [0.1, 0.15) is 5.82 Å². The van der Waals surface area contributed by atoms with Crippen molar-refractivity contribution in [1.82, 2.24) is 9.97 Å². The summed E-state index contributed by atoms with van der Waals surface area (Å²) in [5, 5.41) is 12.1. The van der Waals surface area contributed by atoms with Gasteiger partial charge < -0.3 is 15.2 Å². The smallest absolute Gasteiger partial charge is 0.335 e. The Bertz CT molecular complexity index is 629. The number of carboxylic acid groups (broad SMARTS) is 1. The van der Waals surface area contributed by atoms with Crippen LogP contribution in [0.15, 0.2) is 30.5 Å². The van der Waals surface area contributed by atoms with E-state index in [0.29, 0.717) is 23.9 Å². The van der Waals surface area contributed by atoms with Crippen LogP contribution in [0.2, 0.25) is 0 Å². The van der Waals surface area contributed by atoms with Gasteiger partial charge in [0, 0.05) is 24.5 Å². The highest BCUT2D eigenvalue weighted by molar-refractivity contribution is 5.88. The Hall–Kier alpha value is -2.63. The van der Waals surface area contributed by atoms with Gasteiger partial charge in [-0.2, -0.15) is 0 Å². The van der Waals surface area contributed by atoms with Crippen molar-refractivity contribution in [3.63, 3.8) is 0 Å². The summed E-state index contributed by atoms with van der Waals surface area (Å²) in [6.45, 7) is 2.27. The van der Waals surface area contributed by atoms with E-state index in [0.717, 1.165) is 5.56 Å². The zero-order valence-corrected chi connectivity index (χ0v) is 11.3. The van der Waals surface area contributed by atoms with Crippen LogP contribution in [0.1, 0.15) is 21.6 Å². The summed E-state index contributed by atoms with van der Waals surface area (Å²) in [7, 11) is 1.56. The lowest BCUT2D eigenvalue weighted by Crippen LogP contribution is -2.05.